The van der Waals surface area contributed by atoms with E-state index >= 15 is 0 Å². The van der Waals surface area contributed by atoms with E-state index in [1.807, 2.05) is 13.8 Å². The van der Waals surface area contributed by atoms with E-state index in [4.69, 9.17) is 10.5 Å². The van der Waals surface area contributed by atoms with Crippen molar-refractivity contribution in [2.45, 2.75) is 19.6 Å². The number of carbonyl (C=O) groups excluding carboxylic acids is 1. The number of esters is 1. The second-order valence-electron chi connectivity index (χ2n) is 4.85. The molecule has 1 aromatic rings. The monoisotopic (exact) mass is 285 g/mol. The number of sulfone groups is 1. The second-order valence-corrected chi connectivity index (χ2v) is 6.92. The number of hydrogen-bond acceptors (Lipinski definition) is 5. The summed E-state index contributed by atoms with van der Waals surface area (Å²) in [6.07, 6.45) is 0. The molecule has 5 nitrogen and oxygen atoms in total. The molecule has 0 atom stereocenters. The van der Waals surface area contributed by atoms with Crippen molar-refractivity contribution in [3.8, 4) is 0 Å². The summed E-state index contributed by atoms with van der Waals surface area (Å²) >= 11 is 0. The molecule has 2 N–H and O–H groups in total. The smallest absolute Gasteiger partial charge is 0.321 e. The molecule has 0 aromatic heterocycles. The van der Waals surface area contributed by atoms with Crippen LogP contribution in [0.15, 0.2) is 24.3 Å². The first-order valence-corrected chi connectivity index (χ1v) is 7.81. The first-order chi connectivity index (χ1) is 8.78. The van der Waals surface area contributed by atoms with Crippen LogP contribution in [0.4, 0.5) is 5.69 Å². The van der Waals surface area contributed by atoms with Crippen LogP contribution >= 0.6 is 0 Å². The molecule has 0 radical (unpaired) electrons. The van der Waals surface area contributed by atoms with Crippen LogP contribution in [0.5, 0.6) is 0 Å². The summed E-state index contributed by atoms with van der Waals surface area (Å²) < 4.78 is 28.5. The van der Waals surface area contributed by atoms with Crippen molar-refractivity contribution >= 4 is 21.5 Å². The van der Waals surface area contributed by atoms with E-state index in [9.17, 15) is 13.2 Å². The lowest BCUT2D eigenvalue weighted by Gasteiger charge is -2.08. The molecule has 0 saturated heterocycles. The van der Waals surface area contributed by atoms with Crippen molar-refractivity contribution in [2.24, 2.45) is 5.92 Å². The number of ether oxygens (including phenoxy) is 1. The fourth-order valence-corrected chi connectivity index (χ4v) is 2.64. The SMILES string of the molecule is CC(C)COC(=O)CS(=O)(=O)Cc1ccc(N)cc1. The van der Waals surface area contributed by atoms with Gasteiger partial charge in [0.25, 0.3) is 0 Å². The number of anilines is 1. The van der Waals surface area contributed by atoms with Crippen LogP contribution < -0.4 is 5.73 Å². The van der Waals surface area contributed by atoms with E-state index in [0.717, 1.165) is 0 Å². The molecule has 0 aliphatic carbocycles. The highest BCUT2D eigenvalue weighted by Crippen LogP contribution is 2.10. The molecular weight excluding hydrogens is 266 g/mol. The Kier molecular flexibility index (Phi) is 5.35. The quantitative estimate of drug-likeness (QED) is 0.630. The van der Waals surface area contributed by atoms with E-state index in [-0.39, 0.29) is 18.3 Å². The van der Waals surface area contributed by atoms with Crippen molar-refractivity contribution in [1.82, 2.24) is 0 Å². The highest BCUT2D eigenvalue weighted by Gasteiger charge is 2.18. The Balaban J connectivity index is 2.56. The van der Waals surface area contributed by atoms with Gasteiger partial charge in [0.2, 0.25) is 0 Å². The molecule has 0 aliphatic rings. The van der Waals surface area contributed by atoms with Gasteiger partial charge in [0.15, 0.2) is 9.84 Å². The van der Waals surface area contributed by atoms with Crippen LogP contribution in [-0.2, 0) is 25.1 Å². The molecule has 1 rings (SSSR count). The Hall–Kier alpha value is -1.56. The third-order valence-electron chi connectivity index (χ3n) is 2.28. The maximum absolute atomic E-state index is 11.8. The predicted octanol–water partition coefficient (Wildman–Crippen LogP) is 1.38. The zero-order valence-electron chi connectivity index (χ0n) is 11.1. The van der Waals surface area contributed by atoms with Gasteiger partial charge in [-0.15, -0.1) is 0 Å². The molecule has 0 amide bonds. The Labute approximate surface area is 113 Å². The van der Waals surface area contributed by atoms with Gasteiger partial charge >= 0.3 is 5.97 Å². The summed E-state index contributed by atoms with van der Waals surface area (Å²) in [6.45, 7) is 4.00. The first kappa shape index (κ1) is 15.5. The van der Waals surface area contributed by atoms with Gasteiger partial charge in [-0.2, -0.15) is 0 Å². The van der Waals surface area contributed by atoms with Crippen LogP contribution in [-0.4, -0.2) is 26.7 Å². The number of nitrogen functional groups attached to an aromatic ring is 1. The molecule has 0 aliphatic heterocycles. The zero-order chi connectivity index (χ0) is 14.5. The topological polar surface area (TPSA) is 86.5 Å². The van der Waals surface area contributed by atoms with Gasteiger partial charge in [0, 0.05) is 5.69 Å². The highest BCUT2D eigenvalue weighted by atomic mass is 32.2. The molecule has 0 heterocycles. The van der Waals surface area contributed by atoms with E-state index in [2.05, 4.69) is 0 Å². The third kappa shape index (κ3) is 6.24. The van der Waals surface area contributed by atoms with Crippen molar-refractivity contribution in [1.29, 1.82) is 0 Å². The van der Waals surface area contributed by atoms with Crippen LogP contribution in [0, 0.1) is 5.92 Å². The van der Waals surface area contributed by atoms with Crippen molar-refractivity contribution < 1.29 is 17.9 Å². The predicted molar refractivity (Wildman–Crippen MR) is 74.1 cm³/mol. The molecule has 106 valence electrons. The van der Waals surface area contributed by atoms with Gasteiger partial charge < -0.3 is 10.5 Å². The number of rotatable bonds is 6. The van der Waals surface area contributed by atoms with Crippen molar-refractivity contribution in [3.05, 3.63) is 29.8 Å². The molecule has 0 fully saturated rings. The Bertz CT molecular complexity index is 520. The Morgan fingerprint density at radius 2 is 1.84 bits per heavy atom. The molecular formula is C13H19NO4S. The van der Waals surface area contributed by atoms with Gasteiger partial charge in [-0.3, -0.25) is 4.79 Å². The largest absolute Gasteiger partial charge is 0.465 e. The normalized spacial score (nSPS) is 11.5. The maximum atomic E-state index is 11.8. The van der Waals surface area contributed by atoms with Crippen LogP contribution in [0.1, 0.15) is 19.4 Å². The second kappa shape index (κ2) is 6.56. The lowest BCUT2D eigenvalue weighted by molar-refractivity contribution is -0.141. The molecule has 19 heavy (non-hydrogen) atoms. The summed E-state index contributed by atoms with van der Waals surface area (Å²) in [5, 5.41) is 0. The first-order valence-electron chi connectivity index (χ1n) is 5.99. The number of carbonyl (C=O) groups is 1. The van der Waals surface area contributed by atoms with Crippen molar-refractivity contribution in [2.75, 3.05) is 18.1 Å². The molecule has 1 aromatic carbocycles. The minimum atomic E-state index is -3.51. The standard InChI is InChI=1S/C13H19NO4S/c1-10(2)7-18-13(15)9-19(16,17)8-11-3-5-12(14)6-4-11/h3-6,10H,7-9,14H2,1-2H3. The molecule has 0 bridgehead atoms. The molecule has 6 heteroatoms. The summed E-state index contributed by atoms with van der Waals surface area (Å²) in [6, 6.07) is 6.52. The Morgan fingerprint density at radius 1 is 1.26 bits per heavy atom. The van der Waals surface area contributed by atoms with Crippen molar-refractivity contribution in [3.63, 3.8) is 0 Å². The maximum Gasteiger partial charge on any atom is 0.321 e. The number of nitrogens with two attached hydrogens (primary N) is 1. The number of benzene rings is 1. The minimum absolute atomic E-state index is 0.184. The Morgan fingerprint density at radius 3 is 2.37 bits per heavy atom. The third-order valence-corrected chi connectivity index (χ3v) is 3.73. The lowest BCUT2D eigenvalue weighted by atomic mass is 10.2. The van der Waals surface area contributed by atoms with E-state index in [1.54, 1.807) is 24.3 Å². The van der Waals surface area contributed by atoms with Gasteiger partial charge in [-0.05, 0) is 23.6 Å². The van der Waals surface area contributed by atoms with Gasteiger partial charge in [0.1, 0.15) is 5.75 Å². The summed E-state index contributed by atoms with van der Waals surface area (Å²) in [4.78, 5) is 11.4. The summed E-state index contributed by atoms with van der Waals surface area (Å²) in [5.41, 5.74) is 6.69. The molecule has 0 spiro atoms. The average Bonchev–Trinajstić information content (AvgIpc) is 2.28. The van der Waals surface area contributed by atoms with E-state index in [1.165, 1.54) is 0 Å². The summed E-state index contributed by atoms with van der Waals surface area (Å²) in [5.74, 6) is -1.30. The highest BCUT2D eigenvalue weighted by molar-refractivity contribution is 7.91. The van der Waals surface area contributed by atoms with Crippen LogP contribution in [0.2, 0.25) is 0 Å². The van der Waals surface area contributed by atoms with Crippen LogP contribution in [0.3, 0.4) is 0 Å². The number of hydrogen-bond donors (Lipinski definition) is 1. The lowest BCUT2D eigenvalue weighted by Crippen LogP contribution is -2.21. The average molecular weight is 285 g/mol. The van der Waals surface area contributed by atoms with E-state index < -0.39 is 21.6 Å². The van der Waals surface area contributed by atoms with Gasteiger partial charge in [-0.25, -0.2) is 8.42 Å². The minimum Gasteiger partial charge on any atom is -0.465 e. The fourth-order valence-electron chi connectivity index (χ4n) is 1.40. The molecule has 0 saturated carbocycles. The fraction of sp³-hybridized carbons (Fsp3) is 0.462. The summed E-state index contributed by atoms with van der Waals surface area (Å²) in [7, 11) is -3.51. The van der Waals surface area contributed by atoms with Gasteiger partial charge in [0.05, 0.1) is 12.4 Å². The van der Waals surface area contributed by atoms with E-state index in [0.29, 0.717) is 11.3 Å². The van der Waals surface area contributed by atoms with Crippen LogP contribution in [0.25, 0.3) is 0 Å². The van der Waals surface area contributed by atoms with Gasteiger partial charge in [-0.1, -0.05) is 26.0 Å². The molecule has 0 unspecified atom stereocenters. The zero-order valence-corrected chi connectivity index (χ0v) is 11.9.